The molecule has 1 atom stereocenters. The molecule has 37 heavy (non-hydrogen) atoms. The third kappa shape index (κ3) is 5.41. The highest BCUT2D eigenvalue weighted by Crippen LogP contribution is 2.27. The number of amides is 1. The van der Waals surface area contributed by atoms with Crippen LogP contribution >= 0.6 is 0 Å². The highest BCUT2D eigenvalue weighted by Gasteiger charge is 2.19. The van der Waals surface area contributed by atoms with Crippen molar-refractivity contribution in [2.45, 2.75) is 40.2 Å². The van der Waals surface area contributed by atoms with Crippen LogP contribution in [0, 0.1) is 27.7 Å². The molecule has 0 aliphatic carbocycles. The molecule has 0 aliphatic heterocycles. The lowest BCUT2D eigenvalue weighted by molar-refractivity contribution is -0.120. The number of nitrogens with zero attached hydrogens (tertiary/aromatic N) is 1. The van der Waals surface area contributed by atoms with Crippen LogP contribution in [0.15, 0.2) is 81.7 Å². The van der Waals surface area contributed by atoms with Gasteiger partial charge in [0.05, 0.1) is 18.2 Å². The lowest BCUT2D eigenvalue weighted by Crippen LogP contribution is -2.31. The minimum absolute atomic E-state index is 0.0322. The predicted octanol–water partition coefficient (Wildman–Crippen LogP) is 7.27. The second-order valence-corrected chi connectivity index (χ2v) is 9.54. The molecular weight excluding hydrogens is 460 g/mol. The van der Waals surface area contributed by atoms with E-state index < -0.39 is 0 Å². The van der Waals surface area contributed by atoms with E-state index in [2.05, 4.69) is 54.7 Å². The van der Waals surface area contributed by atoms with E-state index in [1.807, 2.05) is 68.5 Å². The summed E-state index contributed by atoms with van der Waals surface area (Å²) in [6.07, 6.45) is 4.14. The van der Waals surface area contributed by atoms with Gasteiger partial charge >= 0.3 is 0 Å². The molecule has 0 saturated heterocycles. The molecule has 0 radical (unpaired) electrons. The van der Waals surface area contributed by atoms with Gasteiger partial charge < -0.3 is 14.3 Å². The van der Waals surface area contributed by atoms with E-state index in [-0.39, 0.29) is 18.4 Å². The Hall–Kier alpha value is -4.38. The Balaban J connectivity index is 1.35. The Morgan fingerprint density at radius 3 is 2.49 bits per heavy atom. The fraction of sp³-hybridized carbons (Fsp3) is 0.188. The first-order valence-electron chi connectivity index (χ1n) is 12.4. The number of carbonyl (C=O) groups excluding carboxylic acids is 1. The number of hydrogen-bond donors (Lipinski definition) is 1. The summed E-state index contributed by atoms with van der Waals surface area (Å²) in [5.41, 5.74) is 8.02. The molecule has 0 aliphatic rings. The largest absolute Gasteiger partial charge is 0.457 e. The third-order valence-electron chi connectivity index (χ3n) is 6.64. The van der Waals surface area contributed by atoms with Gasteiger partial charge in [-0.15, -0.1) is 0 Å². The van der Waals surface area contributed by atoms with Gasteiger partial charge in [0.15, 0.2) is 0 Å². The van der Waals surface area contributed by atoms with Crippen molar-refractivity contribution in [2.75, 3.05) is 0 Å². The molecule has 2 heterocycles. The van der Waals surface area contributed by atoms with Crippen LogP contribution in [-0.2, 0) is 11.2 Å². The van der Waals surface area contributed by atoms with Gasteiger partial charge in [-0.25, -0.2) is 0 Å². The summed E-state index contributed by atoms with van der Waals surface area (Å²) in [5.74, 6) is 1.47. The number of benzene rings is 3. The van der Waals surface area contributed by atoms with E-state index in [1.165, 1.54) is 5.56 Å². The number of aromatic nitrogens is 1. The molecular formula is C32H30N2O3. The van der Waals surface area contributed by atoms with E-state index in [1.54, 1.807) is 0 Å². The van der Waals surface area contributed by atoms with Crippen molar-refractivity contribution >= 4 is 29.0 Å². The van der Waals surface area contributed by atoms with Gasteiger partial charge in [0.25, 0.3) is 0 Å². The summed E-state index contributed by atoms with van der Waals surface area (Å²) in [4.78, 5) is 13.2. The van der Waals surface area contributed by atoms with Gasteiger partial charge in [-0.2, -0.15) is 0 Å². The zero-order valence-corrected chi connectivity index (χ0v) is 21.5. The molecule has 1 N–H and O–H groups in total. The average Bonchev–Trinajstić information content (AvgIpc) is 3.43. The zero-order valence-electron chi connectivity index (χ0n) is 21.5. The Bertz CT molecular complexity index is 1570. The number of rotatable bonds is 7. The van der Waals surface area contributed by atoms with Crippen LogP contribution in [0.3, 0.4) is 0 Å². The fourth-order valence-electron chi connectivity index (χ4n) is 4.73. The molecule has 1 unspecified atom stereocenters. The SMILES string of the molecule is Cc1ccc(C(NC(=O)Cc2ccc3oc(C=Cc4c(C)noc4C)cc3c2)c2ccccc2)c(C)c1. The molecule has 5 heteroatoms. The molecule has 0 fully saturated rings. The average molecular weight is 491 g/mol. The first-order valence-corrected chi connectivity index (χ1v) is 12.4. The van der Waals surface area contributed by atoms with E-state index in [0.29, 0.717) is 0 Å². The molecule has 186 valence electrons. The smallest absolute Gasteiger partial charge is 0.225 e. The van der Waals surface area contributed by atoms with Gasteiger partial charge in [0, 0.05) is 10.9 Å². The molecule has 5 rings (SSSR count). The van der Waals surface area contributed by atoms with Crippen LogP contribution in [0.1, 0.15) is 56.6 Å². The van der Waals surface area contributed by atoms with Crippen molar-refractivity contribution in [1.82, 2.24) is 10.5 Å². The minimum Gasteiger partial charge on any atom is -0.457 e. The highest BCUT2D eigenvalue weighted by atomic mass is 16.5. The van der Waals surface area contributed by atoms with E-state index in [9.17, 15) is 4.79 Å². The molecule has 3 aromatic carbocycles. The summed E-state index contributed by atoms with van der Waals surface area (Å²) in [6.45, 7) is 7.97. The lowest BCUT2D eigenvalue weighted by atomic mass is 9.93. The van der Waals surface area contributed by atoms with Crippen molar-refractivity contribution in [3.8, 4) is 0 Å². The summed E-state index contributed by atoms with van der Waals surface area (Å²) in [6, 6.07) is 24.1. The number of furan rings is 1. The molecule has 1 amide bonds. The first kappa shape index (κ1) is 24.3. The van der Waals surface area contributed by atoms with Crippen molar-refractivity contribution in [2.24, 2.45) is 0 Å². The Labute approximate surface area is 216 Å². The summed E-state index contributed by atoms with van der Waals surface area (Å²) in [7, 11) is 0. The third-order valence-corrected chi connectivity index (χ3v) is 6.64. The van der Waals surface area contributed by atoms with E-state index >= 15 is 0 Å². The molecule has 0 bridgehead atoms. The summed E-state index contributed by atoms with van der Waals surface area (Å²) < 4.78 is 11.2. The number of aryl methyl sites for hydroxylation is 4. The Morgan fingerprint density at radius 1 is 0.946 bits per heavy atom. The number of carbonyl (C=O) groups is 1. The van der Waals surface area contributed by atoms with Gasteiger partial charge in [-0.3, -0.25) is 4.79 Å². The maximum atomic E-state index is 13.2. The molecule has 5 aromatic rings. The van der Waals surface area contributed by atoms with Gasteiger partial charge in [-0.1, -0.05) is 65.3 Å². The summed E-state index contributed by atoms with van der Waals surface area (Å²) in [5, 5.41) is 8.21. The summed E-state index contributed by atoms with van der Waals surface area (Å²) >= 11 is 0. The maximum Gasteiger partial charge on any atom is 0.225 e. The predicted molar refractivity (Wildman–Crippen MR) is 147 cm³/mol. The topological polar surface area (TPSA) is 68.3 Å². The Kier molecular flexibility index (Phi) is 6.78. The lowest BCUT2D eigenvalue weighted by Gasteiger charge is -2.22. The van der Waals surface area contributed by atoms with Crippen molar-refractivity contribution < 1.29 is 13.7 Å². The monoisotopic (exact) mass is 490 g/mol. The second kappa shape index (κ2) is 10.3. The van der Waals surface area contributed by atoms with E-state index in [0.717, 1.165) is 56.0 Å². The number of fused-ring (bicyclic) bond motifs is 1. The van der Waals surface area contributed by atoms with Crippen LogP contribution < -0.4 is 5.32 Å². The van der Waals surface area contributed by atoms with Gasteiger partial charge in [-0.05, 0) is 80.3 Å². The molecule has 0 saturated carbocycles. The van der Waals surface area contributed by atoms with Crippen LogP contribution in [0.5, 0.6) is 0 Å². The molecule has 0 spiro atoms. The first-order chi connectivity index (χ1) is 17.9. The van der Waals surface area contributed by atoms with Gasteiger partial charge in [0.1, 0.15) is 17.1 Å². The van der Waals surface area contributed by atoms with Crippen LogP contribution in [0.25, 0.3) is 23.1 Å². The van der Waals surface area contributed by atoms with Crippen LogP contribution in [0.2, 0.25) is 0 Å². The van der Waals surface area contributed by atoms with Gasteiger partial charge in [0.2, 0.25) is 5.91 Å². The zero-order chi connectivity index (χ0) is 25.9. The number of nitrogens with one attached hydrogen (secondary N) is 1. The van der Waals surface area contributed by atoms with Crippen LogP contribution in [0.4, 0.5) is 0 Å². The normalized spacial score (nSPS) is 12.3. The van der Waals surface area contributed by atoms with Crippen molar-refractivity contribution in [3.05, 3.63) is 123 Å². The van der Waals surface area contributed by atoms with Crippen LogP contribution in [-0.4, -0.2) is 11.1 Å². The quantitative estimate of drug-likeness (QED) is 0.260. The number of hydrogen-bond acceptors (Lipinski definition) is 4. The van der Waals surface area contributed by atoms with Crippen molar-refractivity contribution in [3.63, 3.8) is 0 Å². The minimum atomic E-state index is -0.215. The Morgan fingerprint density at radius 2 is 1.76 bits per heavy atom. The highest BCUT2D eigenvalue weighted by molar-refractivity contribution is 5.85. The molecule has 2 aromatic heterocycles. The van der Waals surface area contributed by atoms with Crippen molar-refractivity contribution in [1.29, 1.82) is 0 Å². The van der Waals surface area contributed by atoms with E-state index in [4.69, 9.17) is 8.94 Å². The second-order valence-electron chi connectivity index (χ2n) is 9.54. The standard InChI is InChI=1S/C32H30N2O3/c1-20-10-13-28(21(2)16-20)32(25-8-6-5-7-9-25)33-31(35)18-24-11-15-30-26(17-24)19-27(36-30)12-14-29-22(3)34-37-23(29)4/h5-17,19,32H,18H2,1-4H3,(H,33,35). The fourth-order valence-corrected chi connectivity index (χ4v) is 4.73. The maximum absolute atomic E-state index is 13.2. The molecule has 5 nitrogen and oxygen atoms in total.